The first-order chi connectivity index (χ1) is 12.6. The predicted molar refractivity (Wildman–Crippen MR) is 96.5 cm³/mol. The van der Waals surface area contributed by atoms with Crippen LogP contribution in [0.3, 0.4) is 0 Å². The fourth-order valence-corrected chi connectivity index (χ4v) is 3.61. The molecule has 1 saturated heterocycles. The number of H-pyrrole nitrogens is 1. The summed E-state index contributed by atoms with van der Waals surface area (Å²) in [5.74, 6) is 1.29. The summed E-state index contributed by atoms with van der Waals surface area (Å²) in [5, 5.41) is 30.8. The number of nitrogens with two attached hydrogens (primary N) is 1. The maximum absolute atomic E-state index is 10.4. The van der Waals surface area contributed by atoms with Crippen LogP contribution in [0.2, 0.25) is 0 Å². The van der Waals surface area contributed by atoms with Crippen molar-refractivity contribution < 1.29 is 14.9 Å². The van der Waals surface area contributed by atoms with Crippen LogP contribution in [0.5, 0.6) is 0 Å². The SMILES string of the molecule is CC.Nc1ncnc2c1NCN2C1O[C@H](CSc2ncn[nH]2)[C@@H](O)[C@H]1O. The number of nitrogens with zero attached hydrogens (tertiary/aromatic N) is 5. The van der Waals surface area contributed by atoms with Gasteiger partial charge in [0.2, 0.25) is 0 Å². The van der Waals surface area contributed by atoms with E-state index in [-0.39, 0.29) is 0 Å². The van der Waals surface area contributed by atoms with Crippen LogP contribution in [0.15, 0.2) is 17.8 Å². The highest BCUT2D eigenvalue weighted by atomic mass is 32.2. The molecule has 142 valence electrons. The number of anilines is 3. The number of nitrogen functional groups attached to an aromatic ring is 1. The predicted octanol–water partition coefficient (Wildman–Crippen LogP) is -0.368. The van der Waals surface area contributed by atoms with Crippen molar-refractivity contribution in [3.05, 3.63) is 12.7 Å². The van der Waals surface area contributed by atoms with E-state index in [1.54, 1.807) is 4.90 Å². The first-order valence-corrected chi connectivity index (χ1v) is 9.24. The van der Waals surface area contributed by atoms with Crippen LogP contribution < -0.4 is 16.0 Å². The molecule has 1 fully saturated rings. The Morgan fingerprint density at radius 1 is 1.27 bits per heavy atom. The van der Waals surface area contributed by atoms with E-state index < -0.39 is 24.5 Å². The lowest BCUT2D eigenvalue weighted by molar-refractivity contribution is 0.0171. The Bertz CT molecular complexity index is 718. The number of thioether (sulfide) groups is 1. The number of hydrogen-bond donors (Lipinski definition) is 5. The van der Waals surface area contributed by atoms with Gasteiger partial charge in [-0.2, -0.15) is 5.10 Å². The first-order valence-electron chi connectivity index (χ1n) is 8.26. The lowest BCUT2D eigenvalue weighted by Gasteiger charge is -2.26. The number of hydrogen-bond acceptors (Lipinski definition) is 11. The summed E-state index contributed by atoms with van der Waals surface area (Å²) in [6.07, 6.45) is -0.624. The molecule has 2 aliphatic rings. The van der Waals surface area contributed by atoms with Crippen molar-refractivity contribution in [3.63, 3.8) is 0 Å². The lowest BCUT2D eigenvalue weighted by Crippen LogP contribution is -2.44. The van der Waals surface area contributed by atoms with E-state index in [1.807, 2.05) is 13.8 Å². The zero-order valence-electron chi connectivity index (χ0n) is 14.4. The maximum atomic E-state index is 10.4. The fraction of sp³-hybridized carbons (Fsp3) is 0.571. The average Bonchev–Trinajstić information content (AvgIpc) is 3.38. The van der Waals surface area contributed by atoms with E-state index in [0.29, 0.717) is 34.9 Å². The Hall–Kier alpha value is -2.15. The molecule has 2 aromatic heterocycles. The minimum absolute atomic E-state index is 0.327. The van der Waals surface area contributed by atoms with Crippen LogP contribution in [0, 0.1) is 0 Å². The third-order valence-corrected chi connectivity index (χ3v) is 4.94. The molecule has 1 unspecified atom stereocenters. The molecule has 4 atom stereocenters. The molecule has 4 heterocycles. The van der Waals surface area contributed by atoms with Crippen LogP contribution in [0.1, 0.15) is 13.8 Å². The average molecular weight is 382 g/mol. The second kappa shape index (κ2) is 8.03. The van der Waals surface area contributed by atoms with Crippen molar-refractivity contribution in [2.75, 3.05) is 28.4 Å². The maximum Gasteiger partial charge on any atom is 0.183 e. The highest BCUT2D eigenvalue weighted by molar-refractivity contribution is 7.99. The van der Waals surface area contributed by atoms with Gasteiger partial charge < -0.3 is 30.9 Å². The zero-order chi connectivity index (χ0) is 18.7. The van der Waals surface area contributed by atoms with Crippen molar-refractivity contribution >= 4 is 29.1 Å². The summed E-state index contributed by atoms with van der Waals surface area (Å²) in [4.78, 5) is 13.8. The molecule has 0 saturated carbocycles. The van der Waals surface area contributed by atoms with Crippen molar-refractivity contribution in [1.82, 2.24) is 25.1 Å². The molecule has 0 bridgehead atoms. The molecular weight excluding hydrogens is 360 g/mol. The second-order valence-corrected chi connectivity index (χ2v) is 6.42. The number of aliphatic hydroxyl groups excluding tert-OH is 2. The largest absolute Gasteiger partial charge is 0.387 e. The number of fused-ring (bicyclic) bond motifs is 1. The molecule has 0 aliphatic carbocycles. The normalized spacial score (nSPS) is 26.8. The molecule has 0 amide bonds. The van der Waals surface area contributed by atoms with Crippen LogP contribution in [0.4, 0.5) is 17.3 Å². The highest BCUT2D eigenvalue weighted by Crippen LogP contribution is 2.37. The fourth-order valence-electron chi connectivity index (χ4n) is 2.78. The van der Waals surface area contributed by atoms with Crippen molar-refractivity contribution in [2.24, 2.45) is 0 Å². The van der Waals surface area contributed by atoms with Crippen molar-refractivity contribution in [1.29, 1.82) is 0 Å². The van der Waals surface area contributed by atoms with Crippen LogP contribution in [0.25, 0.3) is 0 Å². The molecule has 6 N–H and O–H groups in total. The van der Waals surface area contributed by atoms with Gasteiger partial charge in [-0.1, -0.05) is 25.6 Å². The standard InChI is InChI=1S/C12H16N8O3S.C2H6/c13-9-6-10(15-2-14-9)20(4-17-6)11-8(22)7(21)5(23-11)1-24-12-16-3-18-19-12;1-2/h2-3,5,7-8,11,17,21-22H,1,4H2,(H2,13,14,15)(H,16,18,19);1-2H3/t5-,7-,8-,11?;/m1./s1. The Kier molecular flexibility index (Phi) is 5.76. The number of ether oxygens (including phenoxy) is 1. The molecule has 0 radical (unpaired) electrons. The second-order valence-electron chi connectivity index (χ2n) is 5.41. The van der Waals surface area contributed by atoms with Crippen molar-refractivity contribution in [2.45, 2.75) is 43.5 Å². The van der Waals surface area contributed by atoms with Gasteiger partial charge in [0.05, 0.1) is 12.8 Å². The van der Waals surface area contributed by atoms with Gasteiger partial charge in [0.25, 0.3) is 0 Å². The van der Waals surface area contributed by atoms with E-state index in [9.17, 15) is 10.2 Å². The van der Waals surface area contributed by atoms with Gasteiger partial charge in [-0.05, 0) is 0 Å². The topological polar surface area (TPSA) is 158 Å². The van der Waals surface area contributed by atoms with Gasteiger partial charge in [0, 0.05) is 5.75 Å². The minimum atomic E-state index is -1.07. The molecule has 0 spiro atoms. The highest BCUT2D eigenvalue weighted by Gasteiger charge is 2.47. The zero-order valence-corrected chi connectivity index (χ0v) is 15.2. The van der Waals surface area contributed by atoms with E-state index in [1.165, 1.54) is 24.4 Å². The van der Waals surface area contributed by atoms with Gasteiger partial charge in [0.1, 0.15) is 30.5 Å². The van der Waals surface area contributed by atoms with Crippen LogP contribution >= 0.6 is 11.8 Å². The Balaban J connectivity index is 0.000000948. The third kappa shape index (κ3) is 3.40. The minimum Gasteiger partial charge on any atom is -0.387 e. The van der Waals surface area contributed by atoms with Gasteiger partial charge in [-0.25, -0.2) is 15.0 Å². The van der Waals surface area contributed by atoms with Crippen LogP contribution in [-0.2, 0) is 4.74 Å². The summed E-state index contributed by atoms with van der Waals surface area (Å²) in [5.41, 5.74) is 6.41. The monoisotopic (exact) mass is 382 g/mol. The van der Waals surface area contributed by atoms with Gasteiger partial charge >= 0.3 is 0 Å². The molecule has 26 heavy (non-hydrogen) atoms. The number of rotatable bonds is 4. The van der Waals surface area contributed by atoms with Gasteiger partial charge in [-0.15, -0.1) is 0 Å². The summed E-state index contributed by atoms with van der Waals surface area (Å²) >= 11 is 1.36. The summed E-state index contributed by atoms with van der Waals surface area (Å²) in [7, 11) is 0. The summed E-state index contributed by atoms with van der Waals surface area (Å²) in [6.45, 7) is 4.36. The molecule has 2 aromatic rings. The number of nitrogens with one attached hydrogen (secondary N) is 2. The summed E-state index contributed by atoms with van der Waals surface area (Å²) < 4.78 is 5.87. The third-order valence-electron chi connectivity index (χ3n) is 3.98. The smallest absolute Gasteiger partial charge is 0.183 e. The van der Waals surface area contributed by atoms with Gasteiger partial charge in [-0.3, -0.25) is 5.10 Å². The van der Waals surface area contributed by atoms with Gasteiger partial charge in [0.15, 0.2) is 23.0 Å². The molecular formula is C14H22N8O3S. The number of aromatic nitrogens is 5. The number of aliphatic hydroxyl groups is 2. The molecule has 0 aromatic carbocycles. The number of aromatic amines is 1. The van der Waals surface area contributed by atoms with Crippen LogP contribution in [-0.4, -0.2) is 72.3 Å². The van der Waals surface area contributed by atoms with Crippen molar-refractivity contribution in [3.8, 4) is 0 Å². The Morgan fingerprint density at radius 3 is 2.81 bits per heavy atom. The molecule has 11 nitrogen and oxygen atoms in total. The lowest BCUT2D eigenvalue weighted by atomic mass is 10.1. The molecule has 12 heteroatoms. The Labute approximate surface area is 154 Å². The van der Waals surface area contributed by atoms with E-state index in [2.05, 4.69) is 30.5 Å². The first kappa shape index (κ1) is 18.6. The quantitative estimate of drug-likeness (QED) is 0.439. The Morgan fingerprint density at radius 2 is 2.08 bits per heavy atom. The molecule has 2 aliphatic heterocycles. The van der Waals surface area contributed by atoms with E-state index in [4.69, 9.17) is 10.5 Å². The molecule has 4 rings (SSSR count). The summed E-state index contributed by atoms with van der Waals surface area (Å²) in [6, 6.07) is 0. The van der Waals surface area contributed by atoms with E-state index >= 15 is 0 Å². The van der Waals surface area contributed by atoms with E-state index in [0.717, 1.165) is 0 Å².